The largest absolute Gasteiger partial charge is 0.381 e. The Bertz CT molecular complexity index is 378. The highest BCUT2D eigenvalue weighted by molar-refractivity contribution is 6.30. The molecule has 1 heterocycles. The molecule has 3 heteroatoms. The quantitative estimate of drug-likeness (QED) is 0.806. The van der Waals surface area contributed by atoms with Crippen LogP contribution in [0, 0.1) is 12.8 Å². The maximum Gasteiger partial charge on any atom is 0.132 e. The highest BCUT2D eigenvalue weighted by Crippen LogP contribution is 2.29. The van der Waals surface area contributed by atoms with Gasteiger partial charge in [0, 0.05) is 6.04 Å². The number of pyridine rings is 1. The van der Waals surface area contributed by atoms with Crippen LogP contribution in [0.25, 0.3) is 0 Å². The van der Waals surface area contributed by atoms with Crippen molar-refractivity contribution in [2.75, 3.05) is 5.32 Å². The molecule has 0 amide bonds. The topological polar surface area (TPSA) is 24.9 Å². The summed E-state index contributed by atoms with van der Waals surface area (Å²) in [4.78, 5) is 4.19. The van der Waals surface area contributed by atoms with Gasteiger partial charge < -0.3 is 5.32 Å². The van der Waals surface area contributed by atoms with E-state index in [0.717, 1.165) is 17.2 Å². The number of aromatic nitrogens is 1. The van der Waals surface area contributed by atoms with Gasteiger partial charge in [-0.25, -0.2) is 4.98 Å². The third-order valence-electron chi connectivity index (χ3n) is 3.75. The van der Waals surface area contributed by atoms with Crippen LogP contribution >= 0.6 is 11.6 Å². The summed E-state index contributed by atoms with van der Waals surface area (Å²) in [6.45, 7) is 4.29. The Morgan fingerprint density at radius 2 is 2.29 bits per heavy atom. The molecule has 1 N–H and O–H groups in total. The minimum absolute atomic E-state index is 0.602. The maximum absolute atomic E-state index is 5.93. The number of hydrogen-bond donors (Lipinski definition) is 1. The molecule has 1 fully saturated rings. The monoisotopic (exact) mass is 252 g/mol. The van der Waals surface area contributed by atoms with E-state index >= 15 is 0 Å². The molecular formula is C14H21ClN2. The van der Waals surface area contributed by atoms with Crippen molar-refractivity contribution in [2.24, 2.45) is 5.92 Å². The summed E-state index contributed by atoms with van der Waals surface area (Å²) >= 11 is 5.93. The molecule has 17 heavy (non-hydrogen) atoms. The van der Waals surface area contributed by atoms with Crippen molar-refractivity contribution in [3.63, 3.8) is 0 Å². The first kappa shape index (κ1) is 12.7. The van der Waals surface area contributed by atoms with Crippen molar-refractivity contribution >= 4 is 17.3 Å². The fourth-order valence-electron chi connectivity index (χ4n) is 2.67. The first-order valence-electron chi connectivity index (χ1n) is 6.57. The summed E-state index contributed by atoms with van der Waals surface area (Å²) in [5.41, 5.74) is 2.15. The number of anilines is 1. The van der Waals surface area contributed by atoms with Gasteiger partial charge in [-0.05, 0) is 37.3 Å². The van der Waals surface area contributed by atoms with E-state index in [-0.39, 0.29) is 0 Å². The fourth-order valence-corrected chi connectivity index (χ4v) is 2.77. The zero-order chi connectivity index (χ0) is 12.3. The molecule has 1 aromatic rings. The number of aryl methyl sites for hydroxylation is 1. The van der Waals surface area contributed by atoms with Crippen molar-refractivity contribution in [1.29, 1.82) is 0 Å². The molecule has 2 atom stereocenters. The van der Waals surface area contributed by atoms with E-state index < -0.39 is 0 Å². The number of hydrogen-bond acceptors (Lipinski definition) is 2. The lowest BCUT2D eigenvalue weighted by Gasteiger charge is -2.29. The van der Waals surface area contributed by atoms with E-state index in [1.54, 1.807) is 0 Å². The zero-order valence-corrected chi connectivity index (χ0v) is 11.4. The molecule has 1 aliphatic rings. The highest BCUT2D eigenvalue weighted by atomic mass is 35.5. The van der Waals surface area contributed by atoms with Crippen LogP contribution in [0.5, 0.6) is 0 Å². The number of nitrogens with one attached hydrogen (secondary N) is 1. The molecule has 0 saturated heterocycles. The molecule has 1 saturated carbocycles. The Labute approximate surface area is 109 Å². The lowest BCUT2D eigenvalue weighted by atomic mass is 9.84. The van der Waals surface area contributed by atoms with Crippen LogP contribution in [-0.2, 0) is 0 Å². The second-order valence-corrected chi connectivity index (χ2v) is 5.47. The second-order valence-electron chi connectivity index (χ2n) is 5.11. The third-order valence-corrected chi connectivity index (χ3v) is 4.14. The maximum atomic E-state index is 5.93. The van der Waals surface area contributed by atoms with Gasteiger partial charge >= 0.3 is 0 Å². The lowest BCUT2D eigenvalue weighted by Crippen LogP contribution is -2.27. The Kier molecular flexibility index (Phi) is 4.27. The van der Waals surface area contributed by atoms with Crippen molar-refractivity contribution < 1.29 is 0 Å². The number of rotatable bonds is 3. The standard InChI is InChI=1S/C14H21ClN2/c1-3-11-5-4-6-12(8-11)17-13-7-10(2)14(15)16-9-13/h7,9,11-12,17H,3-6,8H2,1-2H3. The smallest absolute Gasteiger partial charge is 0.132 e. The summed E-state index contributed by atoms with van der Waals surface area (Å²) in [5, 5.41) is 4.19. The first-order chi connectivity index (χ1) is 8.19. The summed E-state index contributed by atoms with van der Waals surface area (Å²) in [6, 6.07) is 2.70. The Hall–Kier alpha value is -0.760. The molecule has 1 aliphatic carbocycles. The van der Waals surface area contributed by atoms with Crippen LogP contribution in [-0.4, -0.2) is 11.0 Å². The molecule has 0 radical (unpaired) electrons. The predicted octanol–water partition coefficient (Wildman–Crippen LogP) is 4.42. The molecule has 0 spiro atoms. The molecule has 0 aromatic carbocycles. The summed E-state index contributed by atoms with van der Waals surface area (Å²) < 4.78 is 0. The van der Waals surface area contributed by atoms with Crippen LogP contribution in [0.1, 0.15) is 44.6 Å². The molecule has 2 unspecified atom stereocenters. The first-order valence-corrected chi connectivity index (χ1v) is 6.95. The van der Waals surface area contributed by atoms with Gasteiger partial charge in [0.05, 0.1) is 11.9 Å². The molecule has 2 rings (SSSR count). The summed E-state index contributed by atoms with van der Waals surface area (Å²) in [7, 11) is 0. The molecule has 2 nitrogen and oxygen atoms in total. The van der Waals surface area contributed by atoms with E-state index in [2.05, 4.69) is 23.3 Å². The van der Waals surface area contributed by atoms with Crippen molar-refractivity contribution in [2.45, 2.75) is 52.0 Å². The van der Waals surface area contributed by atoms with Gasteiger partial charge in [-0.2, -0.15) is 0 Å². The van der Waals surface area contributed by atoms with E-state index in [9.17, 15) is 0 Å². The van der Waals surface area contributed by atoms with Crippen LogP contribution in [0.4, 0.5) is 5.69 Å². The van der Waals surface area contributed by atoms with Gasteiger partial charge in [0.2, 0.25) is 0 Å². The average molecular weight is 253 g/mol. The summed E-state index contributed by atoms with van der Waals surface area (Å²) in [6.07, 6.45) is 8.44. The average Bonchev–Trinajstić information content (AvgIpc) is 2.34. The van der Waals surface area contributed by atoms with Crippen LogP contribution < -0.4 is 5.32 Å². The van der Waals surface area contributed by atoms with Crippen molar-refractivity contribution in [3.8, 4) is 0 Å². The van der Waals surface area contributed by atoms with E-state index in [1.807, 2.05) is 13.1 Å². The molecule has 0 bridgehead atoms. The zero-order valence-electron chi connectivity index (χ0n) is 10.7. The van der Waals surface area contributed by atoms with Gasteiger partial charge in [0.15, 0.2) is 0 Å². The van der Waals surface area contributed by atoms with Crippen LogP contribution in [0.15, 0.2) is 12.3 Å². The minimum atomic E-state index is 0.602. The number of halogens is 1. The molecule has 94 valence electrons. The normalized spacial score (nSPS) is 24.6. The van der Waals surface area contributed by atoms with Gasteiger partial charge in [-0.15, -0.1) is 0 Å². The second kappa shape index (κ2) is 5.72. The molecule has 0 aliphatic heterocycles. The van der Waals surface area contributed by atoms with Crippen molar-refractivity contribution in [1.82, 2.24) is 4.98 Å². The van der Waals surface area contributed by atoms with E-state index in [4.69, 9.17) is 11.6 Å². The van der Waals surface area contributed by atoms with Gasteiger partial charge in [-0.1, -0.05) is 37.8 Å². The van der Waals surface area contributed by atoms with Crippen LogP contribution in [0.2, 0.25) is 5.15 Å². The lowest BCUT2D eigenvalue weighted by molar-refractivity contribution is 0.327. The van der Waals surface area contributed by atoms with E-state index in [0.29, 0.717) is 11.2 Å². The van der Waals surface area contributed by atoms with Crippen molar-refractivity contribution in [3.05, 3.63) is 23.0 Å². The Balaban J connectivity index is 1.97. The van der Waals surface area contributed by atoms with E-state index in [1.165, 1.54) is 32.1 Å². The minimum Gasteiger partial charge on any atom is -0.381 e. The molecular weight excluding hydrogens is 232 g/mol. The number of nitrogens with zero attached hydrogens (tertiary/aromatic N) is 1. The van der Waals surface area contributed by atoms with Gasteiger partial charge in [0.25, 0.3) is 0 Å². The molecule has 1 aromatic heterocycles. The van der Waals surface area contributed by atoms with Crippen LogP contribution in [0.3, 0.4) is 0 Å². The SMILES string of the molecule is CCC1CCCC(Nc2cnc(Cl)c(C)c2)C1. The fraction of sp³-hybridized carbons (Fsp3) is 0.643. The Morgan fingerprint density at radius 1 is 1.47 bits per heavy atom. The Morgan fingerprint density at radius 3 is 3.00 bits per heavy atom. The highest BCUT2D eigenvalue weighted by Gasteiger charge is 2.20. The third kappa shape index (κ3) is 3.35. The van der Waals surface area contributed by atoms with Gasteiger partial charge in [-0.3, -0.25) is 0 Å². The van der Waals surface area contributed by atoms with Gasteiger partial charge in [0.1, 0.15) is 5.15 Å². The predicted molar refractivity (Wildman–Crippen MR) is 73.6 cm³/mol. The summed E-state index contributed by atoms with van der Waals surface area (Å²) in [5.74, 6) is 0.891.